The molecule has 0 saturated carbocycles. The van der Waals surface area contributed by atoms with E-state index in [0.29, 0.717) is 0 Å². The van der Waals surface area contributed by atoms with Crippen molar-refractivity contribution in [3.63, 3.8) is 0 Å². The van der Waals surface area contributed by atoms with Gasteiger partial charge in [0.1, 0.15) is 18.3 Å². The molecule has 1 heterocycles. The van der Waals surface area contributed by atoms with Gasteiger partial charge in [-0.25, -0.2) is 0 Å². The first-order chi connectivity index (χ1) is 8.61. The maximum Gasteiger partial charge on any atom is 0.325 e. The van der Waals surface area contributed by atoms with Crippen molar-refractivity contribution in [1.29, 1.82) is 0 Å². The van der Waals surface area contributed by atoms with Gasteiger partial charge in [0.25, 0.3) is 0 Å². The Bertz CT molecular complexity index is 329. The molecule has 0 unspecified atom stereocenters. The molecule has 8 nitrogen and oxygen atoms in total. The number of aliphatic hydroxyl groups is 3. The smallest absolute Gasteiger partial charge is 0.325 e. The lowest BCUT2D eigenvalue weighted by atomic mass is 9.97. The molecule has 9 heteroatoms. The van der Waals surface area contributed by atoms with E-state index in [0.717, 1.165) is 0 Å². The second-order valence-electron chi connectivity index (χ2n) is 4.88. The van der Waals surface area contributed by atoms with Crippen molar-refractivity contribution in [3.05, 3.63) is 0 Å². The maximum atomic E-state index is 10.8. The van der Waals surface area contributed by atoms with Gasteiger partial charge in [-0.2, -0.15) is 0 Å². The highest BCUT2D eigenvalue weighted by Crippen LogP contribution is 2.37. The molecular weight excluding hydrogens is 279 g/mol. The summed E-state index contributed by atoms with van der Waals surface area (Å²) >= 11 is 0. The molecule has 0 spiro atoms. The summed E-state index contributed by atoms with van der Waals surface area (Å²) in [4.78, 5) is 17.6. The summed E-state index contributed by atoms with van der Waals surface area (Å²) in [6.07, 6.45) is -7.37. The van der Waals surface area contributed by atoms with Crippen molar-refractivity contribution < 1.29 is 39.1 Å². The zero-order valence-electron chi connectivity index (χ0n) is 10.8. The van der Waals surface area contributed by atoms with Crippen LogP contribution in [0.4, 0.5) is 0 Å². The molecule has 1 saturated heterocycles. The van der Waals surface area contributed by atoms with Gasteiger partial charge in [-0.15, -0.1) is 0 Å². The second kappa shape index (κ2) is 6.60. The molecule has 19 heavy (non-hydrogen) atoms. The van der Waals surface area contributed by atoms with E-state index in [1.54, 1.807) is 13.8 Å². The standard InChI is InChI=1S/C10H21O8P/c1-5(2)17-10-9(13)8(12)7(11)6(18-10)3-4-19(14,15)16/h5-13H,3-4H2,1-2H3,(H2,14,15,16)/t6-,7-,8+,9+,10+/m1/s1. The molecule has 1 fully saturated rings. The van der Waals surface area contributed by atoms with Crippen LogP contribution in [0.15, 0.2) is 0 Å². The van der Waals surface area contributed by atoms with E-state index in [1.807, 2.05) is 0 Å². The second-order valence-corrected chi connectivity index (χ2v) is 6.65. The molecule has 0 aromatic carbocycles. The Morgan fingerprint density at radius 2 is 1.74 bits per heavy atom. The minimum atomic E-state index is -4.22. The maximum absolute atomic E-state index is 10.8. The molecule has 114 valence electrons. The Hall–Kier alpha value is -0.0500. The quantitative estimate of drug-likeness (QED) is 0.399. The van der Waals surface area contributed by atoms with E-state index >= 15 is 0 Å². The molecule has 5 N–H and O–H groups in total. The van der Waals surface area contributed by atoms with E-state index in [1.165, 1.54) is 0 Å². The Balaban J connectivity index is 2.67. The van der Waals surface area contributed by atoms with Gasteiger partial charge in [-0.3, -0.25) is 4.57 Å². The molecular formula is C10H21O8P. The number of hydrogen-bond acceptors (Lipinski definition) is 6. The fraction of sp³-hybridized carbons (Fsp3) is 1.00. The van der Waals surface area contributed by atoms with Crippen molar-refractivity contribution in [2.75, 3.05) is 6.16 Å². The van der Waals surface area contributed by atoms with Gasteiger partial charge in [0, 0.05) is 0 Å². The summed E-state index contributed by atoms with van der Waals surface area (Å²) in [5, 5.41) is 29.1. The first-order valence-corrected chi connectivity index (χ1v) is 7.81. The van der Waals surface area contributed by atoms with Crippen molar-refractivity contribution >= 4 is 7.60 Å². The fourth-order valence-electron chi connectivity index (χ4n) is 1.83. The molecule has 1 aliphatic rings. The monoisotopic (exact) mass is 300 g/mol. The van der Waals surface area contributed by atoms with Gasteiger partial charge in [0.15, 0.2) is 6.29 Å². The average molecular weight is 300 g/mol. The van der Waals surface area contributed by atoms with Gasteiger partial charge in [0.2, 0.25) is 0 Å². The predicted octanol–water partition coefficient (Wildman–Crippen LogP) is -1.21. The zero-order valence-corrected chi connectivity index (χ0v) is 11.7. The highest BCUT2D eigenvalue weighted by molar-refractivity contribution is 7.51. The number of aliphatic hydroxyl groups excluding tert-OH is 3. The van der Waals surface area contributed by atoms with E-state index in [9.17, 15) is 19.9 Å². The minimum absolute atomic E-state index is 0.146. The van der Waals surface area contributed by atoms with E-state index < -0.39 is 44.5 Å². The van der Waals surface area contributed by atoms with Crippen LogP contribution in [0.1, 0.15) is 20.3 Å². The lowest BCUT2D eigenvalue weighted by Gasteiger charge is -2.41. The largest absolute Gasteiger partial charge is 0.388 e. The summed E-state index contributed by atoms with van der Waals surface area (Å²) in [6, 6.07) is 0. The number of ether oxygens (including phenoxy) is 2. The minimum Gasteiger partial charge on any atom is -0.388 e. The van der Waals surface area contributed by atoms with Crippen LogP contribution in [0.25, 0.3) is 0 Å². The molecule has 0 amide bonds. The Labute approximate surface area is 111 Å². The van der Waals surface area contributed by atoms with Crippen LogP contribution in [0, 0.1) is 0 Å². The summed E-state index contributed by atoms with van der Waals surface area (Å²) in [6.45, 7) is 3.41. The number of rotatable bonds is 5. The highest BCUT2D eigenvalue weighted by atomic mass is 31.2. The molecule has 1 aliphatic heterocycles. The van der Waals surface area contributed by atoms with Crippen molar-refractivity contribution in [2.45, 2.75) is 57.1 Å². The molecule has 0 aliphatic carbocycles. The molecule has 1 rings (SSSR count). The fourth-order valence-corrected chi connectivity index (χ4v) is 2.42. The Morgan fingerprint density at radius 1 is 1.16 bits per heavy atom. The highest BCUT2D eigenvalue weighted by Gasteiger charge is 2.44. The van der Waals surface area contributed by atoms with E-state index in [-0.39, 0.29) is 12.5 Å². The van der Waals surface area contributed by atoms with E-state index in [2.05, 4.69) is 0 Å². The van der Waals surface area contributed by atoms with Crippen LogP contribution in [0.5, 0.6) is 0 Å². The lowest BCUT2D eigenvalue weighted by molar-refractivity contribution is -0.304. The van der Waals surface area contributed by atoms with Gasteiger partial charge < -0.3 is 34.6 Å². The van der Waals surface area contributed by atoms with Crippen LogP contribution >= 0.6 is 7.60 Å². The summed E-state index contributed by atoms with van der Waals surface area (Å²) < 4.78 is 21.3. The third-order valence-electron chi connectivity index (χ3n) is 2.78. The normalized spacial score (nSPS) is 36.7. The lowest BCUT2D eigenvalue weighted by Crippen LogP contribution is -2.58. The molecule has 0 aromatic heterocycles. The molecule has 5 atom stereocenters. The van der Waals surface area contributed by atoms with Gasteiger partial charge >= 0.3 is 7.60 Å². The zero-order chi connectivity index (χ0) is 14.8. The van der Waals surface area contributed by atoms with Crippen molar-refractivity contribution in [1.82, 2.24) is 0 Å². The SMILES string of the molecule is CC(C)O[C@H]1O[C@H](CCP(=O)(O)O)[C@@H](O)[C@H](O)[C@@H]1O. The third kappa shape index (κ3) is 5.09. The topological polar surface area (TPSA) is 137 Å². The summed E-state index contributed by atoms with van der Waals surface area (Å²) in [7, 11) is -4.22. The molecule has 0 aromatic rings. The van der Waals surface area contributed by atoms with Crippen molar-refractivity contribution in [3.8, 4) is 0 Å². The molecule has 0 radical (unpaired) electrons. The van der Waals surface area contributed by atoms with Crippen LogP contribution < -0.4 is 0 Å². The average Bonchev–Trinajstić information content (AvgIpc) is 2.26. The number of hydrogen-bond donors (Lipinski definition) is 5. The predicted molar refractivity (Wildman–Crippen MR) is 64.4 cm³/mol. The first-order valence-electron chi connectivity index (χ1n) is 6.01. The first kappa shape index (κ1) is 17.0. The van der Waals surface area contributed by atoms with Gasteiger partial charge in [-0.05, 0) is 20.3 Å². The van der Waals surface area contributed by atoms with E-state index in [4.69, 9.17) is 19.3 Å². The van der Waals surface area contributed by atoms with Crippen LogP contribution in [0.3, 0.4) is 0 Å². The Morgan fingerprint density at radius 3 is 2.21 bits per heavy atom. The van der Waals surface area contributed by atoms with Gasteiger partial charge in [-0.1, -0.05) is 0 Å². The third-order valence-corrected chi connectivity index (χ3v) is 3.62. The summed E-state index contributed by atoms with van der Waals surface area (Å²) in [5.74, 6) is 0. The molecule has 0 bridgehead atoms. The van der Waals surface area contributed by atoms with Crippen LogP contribution in [-0.2, 0) is 14.0 Å². The van der Waals surface area contributed by atoms with Crippen LogP contribution in [-0.4, -0.2) is 68.1 Å². The van der Waals surface area contributed by atoms with Gasteiger partial charge in [0.05, 0.1) is 18.4 Å². The Kier molecular flexibility index (Phi) is 5.91. The van der Waals surface area contributed by atoms with Crippen LogP contribution in [0.2, 0.25) is 0 Å². The van der Waals surface area contributed by atoms with Crippen molar-refractivity contribution in [2.24, 2.45) is 0 Å². The summed E-state index contributed by atoms with van der Waals surface area (Å²) in [5.41, 5.74) is 0.